The average Bonchev–Trinajstić information content (AvgIpc) is 2.72. The standard InChI is InChI=1S/C14H14BrNO2/c1-9-6-10(2)8-11(7-9)16(3)14(17)12-4-5-13(15)18-12/h4-8H,1-3H3. The Labute approximate surface area is 115 Å². The third-order valence-electron chi connectivity index (χ3n) is 2.68. The number of hydrogen-bond acceptors (Lipinski definition) is 2. The predicted molar refractivity (Wildman–Crippen MR) is 75.1 cm³/mol. The maximum Gasteiger partial charge on any atom is 0.293 e. The van der Waals surface area contributed by atoms with Crippen LogP contribution in [0.2, 0.25) is 0 Å². The van der Waals surface area contributed by atoms with Gasteiger partial charge in [0.05, 0.1) is 0 Å². The molecule has 0 atom stereocenters. The van der Waals surface area contributed by atoms with Crippen LogP contribution in [0, 0.1) is 13.8 Å². The average molecular weight is 308 g/mol. The van der Waals surface area contributed by atoms with Crippen LogP contribution >= 0.6 is 15.9 Å². The second-order valence-electron chi connectivity index (χ2n) is 4.31. The first-order valence-corrected chi connectivity index (χ1v) is 6.38. The van der Waals surface area contributed by atoms with E-state index in [0.717, 1.165) is 16.8 Å². The number of furan rings is 1. The highest BCUT2D eigenvalue weighted by Gasteiger charge is 2.17. The Kier molecular flexibility index (Phi) is 3.57. The van der Waals surface area contributed by atoms with E-state index < -0.39 is 0 Å². The number of rotatable bonds is 2. The molecule has 0 radical (unpaired) electrons. The van der Waals surface area contributed by atoms with Gasteiger partial charge in [0.15, 0.2) is 10.4 Å². The Bertz CT molecular complexity index is 569. The first kappa shape index (κ1) is 12.9. The van der Waals surface area contributed by atoms with Gasteiger partial charge in [-0.25, -0.2) is 0 Å². The lowest BCUT2D eigenvalue weighted by molar-refractivity contribution is 0.0965. The molecule has 0 spiro atoms. The van der Waals surface area contributed by atoms with Crippen LogP contribution in [-0.2, 0) is 0 Å². The Balaban J connectivity index is 2.30. The van der Waals surface area contributed by atoms with Crippen molar-refractivity contribution in [1.82, 2.24) is 0 Å². The van der Waals surface area contributed by atoms with Crippen LogP contribution in [0.1, 0.15) is 21.7 Å². The molecule has 0 unspecified atom stereocenters. The molecule has 0 aliphatic rings. The minimum Gasteiger partial charge on any atom is -0.444 e. The number of anilines is 1. The molecule has 2 rings (SSSR count). The number of amides is 1. The first-order chi connectivity index (χ1) is 8.47. The van der Waals surface area contributed by atoms with E-state index in [1.54, 1.807) is 24.1 Å². The van der Waals surface area contributed by atoms with Gasteiger partial charge in [-0.2, -0.15) is 0 Å². The molecule has 0 aliphatic carbocycles. The summed E-state index contributed by atoms with van der Waals surface area (Å²) in [5.74, 6) is 0.161. The van der Waals surface area contributed by atoms with E-state index in [1.807, 2.05) is 26.0 Å². The van der Waals surface area contributed by atoms with Crippen molar-refractivity contribution in [2.45, 2.75) is 13.8 Å². The smallest absolute Gasteiger partial charge is 0.293 e. The van der Waals surface area contributed by atoms with Crippen LogP contribution in [0.5, 0.6) is 0 Å². The molecule has 0 saturated heterocycles. The minimum absolute atomic E-state index is 0.161. The van der Waals surface area contributed by atoms with E-state index in [1.165, 1.54) is 0 Å². The third-order valence-corrected chi connectivity index (χ3v) is 3.11. The first-order valence-electron chi connectivity index (χ1n) is 5.59. The fourth-order valence-electron chi connectivity index (χ4n) is 1.86. The molecule has 0 N–H and O–H groups in total. The Morgan fingerprint density at radius 3 is 2.28 bits per heavy atom. The quantitative estimate of drug-likeness (QED) is 0.842. The van der Waals surface area contributed by atoms with Gasteiger partial charge in [-0.1, -0.05) is 6.07 Å². The maximum atomic E-state index is 12.2. The Hall–Kier alpha value is -1.55. The van der Waals surface area contributed by atoms with Crippen LogP contribution in [-0.4, -0.2) is 13.0 Å². The minimum atomic E-state index is -0.161. The number of carbonyl (C=O) groups excluding carboxylic acids is 1. The van der Waals surface area contributed by atoms with E-state index >= 15 is 0 Å². The lowest BCUT2D eigenvalue weighted by atomic mass is 10.1. The van der Waals surface area contributed by atoms with E-state index in [2.05, 4.69) is 22.0 Å². The predicted octanol–water partition coefficient (Wildman–Crippen LogP) is 3.94. The molecule has 1 aromatic carbocycles. The van der Waals surface area contributed by atoms with Gasteiger partial charge in [0.1, 0.15) is 0 Å². The summed E-state index contributed by atoms with van der Waals surface area (Å²) in [5.41, 5.74) is 3.13. The Morgan fingerprint density at radius 2 is 1.78 bits per heavy atom. The van der Waals surface area contributed by atoms with Crippen molar-refractivity contribution in [2.24, 2.45) is 0 Å². The van der Waals surface area contributed by atoms with Crippen molar-refractivity contribution >= 4 is 27.5 Å². The van der Waals surface area contributed by atoms with Crippen LogP contribution in [0.3, 0.4) is 0 Å². The summed E-state index contributed by atoms with van der Waals surface area (Å²) in [6, 6.07) is 9.39. The number of nitrogens with zero attached hydrogens (tertiary/aromatic N) is 1. The normalized spacial score (nSPS) is 10.4. The summed E-state index contributed by atoms with van der Waals surface area (Å²) in [6.45, 7) is 4.02. The highest BCUT2D eigenvalue weighted by Crippen LogP contribution is 2.21. The van der Waals surface area contributed by atoms with Crippen LogP contribution in [0.15, 0.2) is 39.4 Å². The monoisotopic (exact) mass is 307 g/mol. The zero-order chi connectivity index (χ0) is 13.3. The molecular weight excluding hydrogens is 294 g/mol. The molecule has 1 amide bonds. The molecule has 0 fully saturated rings. The van der Waals surface area contributed by atoms with Crippen molar-refractivity contribution in [3.8, 4) is 0 Å². The van der Waals surface area contributed by atoms with Crippen molar-refractivity contribution in [3.63, 3.8) is 0 Å². The molecule has 18 heavy (non-hydrogen) atoms. The summed E-state index contributed by atoms with van der Waals surface area (Å²) in [7, 11) is 1.74. The van der Waals surface area contributed by atoms with Crippen molar-refractivity contribution in [1.29, 1.82) is 0 Å². The number of hydrogen-bond donors (Lipinski definition) is 0. The zero-order valence-electron chi connectivity index (χ0n) is 10.5. The van der Waals surface area contributed by atoms with Gasteiger partial charge in [0.2, 0.25) is 0 Å². The summed E-state index contributed by atoms with van der Waals surface area (Å²) in [5, 5.41) is 0. The van der Waals surface area contributed by atoms with E-state index in [-0.39, 0.29) is 5.91 Å². The van der Waals surface area contributed by atoms with E-state index in [0.29, 0.717) is 10.4 Å². The third kappa shape index (κ3) is 2.64. The van der Waals surface area contributed by atoms with Gasteiger partial charge >= 0.3 is 0 Å². The highest BCUT2D eigenvalue weighted by molar-refractivity contribution is 9.10. The fraction of sp³-hybridized carbons (Fsp3) is 0.214. The maximum absolute atomic E-state index is 12.2. The van der Waals surface area contributed by atoms with Crippen molar-refractivity contribution < 1.29 is 9.21 Å². The largest absolute Gasteiger partial charge is 0.444 e. The second kappa shape index (κ2) is 4.98. The molecule has 2 aromatic rings. The molecule has 4 heteroatoms. The lowest BCUT2D eigenvalue weighted by Crippen LogP contribution is -2.25. The molecule has 94 valence electrons. The van der Waals surface area contributed by atoms with Gasteiger partial charge < -0.3 is 9.32 Å². The lowest BCUT2D eigenvalue weighted by Gasteiger charge is -2.17. The molecule has 0 saturated carbocycles. The van der Waals surface area contributed by atoms with Crippen molar-refractivity contribution in [2.75, 3.05) is 11.9 Å². The SMILES string of the molecule is Cc1cc(C)cc(N(C)C(=O)c2ccc(Br)o2)c1. The van der Waals surface area contributed by atoms with E-state index in [9.17, 15) is 4.79 Å². The molecule has 0 bridgehead atoms. The summed E-state index contributed by atoms with van der Waals surface area (Å²) < 4.78 is 5.83. The van der Waals surface area contributed by atoms with Gasteiger partial charge in [0.25, 0.3) is 5.91 Å². The summed E-state index contributed by atoms with van der Waals surface area (Å²) in [4.78, 5) is 13.8. The van der Waals surface area contributed by atoms with Crippen molar-refractivity contribution in [3.05, 3.63) is 51.9 Å². The number of aryl methyl sites for hydroxylation is 2. The zero-order valence-corrected chi connectivity index (χ0v) is 12.1. The molecular formula is C14H14BrNO2. The van der Waals surface area contributed by atoms with Gasteiger partial charge in [-0.15, -0.1) is 0 Å². The van der Waals surface area contributed by atoms with Gasteiger partial charge in [0, 0.05) is 12.7 Å². The Morgan fingerprint density at radius 1 is 1.17 bits per heavy atom. The summed E-state index contributed by atoms with van der Waals surface area (Å²) >= 11 is 3.19. The topological polar surface area (TPSA) is 33.5 Å². The highest BCUT2D eigenvalue weighted by atomic mass is 79.9. The number of benzene rings is 1. The molecule has 0 aliphatic heterocycles. The molecule has 1 aromatic heterocycles. The van der Waals surface area contributed by atoms with E-state index in [4.69, 9.17) is 4.42 Å². The van der Waals surface area contributed by atoms with Crippen LogP contribution < -0.4 is 4.90 Å². The van der Waals surface area contributed by atoms with Gasteiger partial charge in [-0.3, -0.25) is 4.79 Å². The molecule has 3 nitrogen and oxygen atoms in total. The fourth-order valence-corrected chi connectivity index (χ4v) is 2.16. The second-order valence-corrected chi connectivity index (χ2v) is 5.10. The number of carbonyl (C=O) groups is 1. The number of halogens is 1. The van der Waals surface area contributed by atoms with Gasteiger partial charge in [-0.05, 0) is 65.2 Å². The summed E-state index contributed by atoms with van der Waals surface area (Å²) in [6.07, 6.45) is 0. The molecule has 1 heterocycles. The van der Waals surface area contributed by atoms with Crippen LogP contribution in [0.4, 0.5) is 5.69 Å². The van der Waals surface area contributed by atoms with Crippen LogP contribution in [0.25, 0.3) is 0 Å².